The third-order valence-electron chi connectivity index (χ3n) is 3.12. The van der Waals surface area contributed by atoms with Crippen LogP contribution in [0.15, 0.2) is 30.3 Å². The normalized spacial score (nSPS) is 13.5. The molecule has 20 heavy (non-hydrogen) atoms. The van der Waals surface area contributed by atoms with Crippen LogP contribution in [0.2, 0.25) is 5.02 Å². The Morgan fingerprint density at radius 2 is 1.95 bits per heavy atom. The Bertz CT molecular complexity index is 601. The molecule has 0 saturated heterocycles. The number of benzene rings is 1. The van der Waals surface area contributed by atoms with E-state index in [-0.39, 0.29) is 17.7 Å². The van der Waals surface area contributed by atoms with E-state index in [2.05, 4.69) is 20.8 Å². The lowest BCUT2D eigenvalue weighted by Crippen LogP contribution is -2.08. The van der Waals surface area contributed by atoms with E-state index in [9.17, 15) is 9.50 Å². The highest BCUT2D eigenvalue weighted by Crippen LogP contribution is 2.33. The summed E-state index contributed by atoms with van der Waals surface area (Å²) in [6.07, 6.45) is -0.472. The van der Waals surface area contributed by atoms with Gasteiger partial charge >= 0.3 is 0 Å². The van der Waals surface area contributed by atoms with Crippen molar-refractivity contribution in [3.8, 4) is 0 Å². The van der Waals surface area contributed by atoms with Crippen molar-refractivity contribution in [2.24, 2.45) is 0 Å². The van der Waals surface area contributed by atoms with Gasteiger partial charge in [-0.25, -0.2) is 4.39 Å². The monoisotopic (exact) mass is 312 g/mol. The van der Waals surface area contributed by atoms with Gasteiger partial charge in [-0.3, -0.25) is 0 Å². The fourth-order valence-corrected chi connectivity index (χ4v) is 3.19. The predicted molar refractivity (Wildman–Crippen MR) is 83.1 cm³/mol. The maximum atomic E-state index is 13.7. The van der Waals surface area contributed by atoms with Gasteiger partial charge in [0.15, 0.2) is 0 Å². The molecule has 0 fully saturated rings. The van der Waals surface area contributed by atoms with Gasteiger partial charge in [0.05, 0.1) is 6.10 Å². The van der Waals surface area contributed by atoms with Crippen molar-refractivity contribution in [2.45, 2.75) is 38.7 Å². The summed E-state index contributed by atoms with van der Waals surface area (Å²) in [5.41, 5.74) is 0.500. The van der Waals surface area contributed by atoms with Gasteiger partial charge in [-0.1, -0.05) is 32.4 Å². The van der Waals surface area contributed by atoms with Crippen LogP contribution in [-0.2, 0) is 11.8 Å². The minimum absolute atomic E-state index is 0.0595. The van der Waals surface area contributed by atoms with Gasteiger partial charge < -0.3 is 5.11 Å². The van der Waals surface area contributed by atoms with Gasteiger partial charge in [0, 0.05) is 21.2 Å². The smallest absolute Gasteiger partial charge is 0.126 e. The SMILES string of the molecule is CC(C)(C)c1ccc(C(O)Cc2cc(Cl)ccc2F)s1. The van der Waals surface area contributed by atoms with E-state index in [1.807, 2.05) is 12.1 Å². The molecule has 0 radical (unpaired) electrons. The summed E-state index contributed by atoms with van der Waals surface area (Å²) in [5, 5.41) is 10.8. The first kappa shape index (κ1) is 15.5. The molecule has 1 N–H and O–H groups in total. The van der Waals surface area contributed by atoms with E-state index in [0.29, 0.717) is 10.6 Å². The van der Waals surface area contributed by atoms with Gasteiger partial charge in [-0.05, 0) is 41.3 Å². The first-order valence-corrected chi connectivity index (χ1v) is 7.69. The van der Waals surface area contributed by atoms with Crippen LogP contribution in [0.1, 0.15) is 42.2 Å². The molecule has 0 aliphatic carbocycles. The average Bonchev–Trinajstić information content (AvgIpc) is 2.83. The molecule has 0 aliphatic heterocycles. The molecular formula is C16H18ClFOS. The second kappa shape index (κ2) is 5.84. The Morgan fingerprint density at radius 1 is 1.25 bits per heavy atom. The van der Waals surface area contributed by atoms with E-state index in [0.717, 1.165) is 4.88 Å². The van der Waals surface area contributed by atoms with Crippen LogP contribution in [0.5, 0.6) is 0 Å². The molecule has 0 amide bonds. The molecule has 1 heterocycles. The molecule has 1 aromatic heterocycles. The van der Waals surface area contributed by atoms with Crippen molar-refractivity contribution >= 4 is 22.9 Å². The lowest BCUT2D eigenvalue weighted by Gasteiger charge is -2.15. The Balaban J connectivity index is 2.18. The predicted octanol–water partition coefficient (Wildman–Crippen LogP) is 5.11. The third-order valence-corrected chi connectivity index (χ3v) is 4.96. The number of hydrogen-bond acceptors (Lipinski definition) is 2. The van der Waals surface area contributed by atoms with Crippen molar-refractivity contribution in [1.29, 1.82) is 0 Å². The minimum atomic E-state index is -0.705. The lowest BCUT2D eigenvalue weighted by molar-refractivity contribution is 0.181. The van der Waals surface area contributed by atoms with E-state index in [4.69, 9.17) is 11.6 Å². The third kappa shape index (κ3) is 3.60. The molecular weight excluding hydrogens is 295 g/mol. The first-order valence-electron chi connectivity index (χ1n) is 6.49. The van der Waals surface area contributed by atoms with E-state index in [1.54, 1.807) is 17.4 Å². The second-order valence-electron chi connectivity index (χ2n) is 5.91. The highest BCUT2D eigenvalue weighted by molar-refractivity contribution is 7.12. The van der Waals surface area contributed by atoms with Crippen LogP contribution in [-0.4, -0.2) is 5.11 Å². The molecule has 0 spiro atoms. The topological polar surface area (TPSA) is 20.2 Å². The maximum Gasteiger partial charge on any atom is 0.126 e. The van der Waals surface area contributed by atoms with Crippen LogP contribution >= 0.6 is 22.9 Å². The quantitative estimate of drug-likeness (QED) is 0.834. The number of thiophene rings is 1. The molecule has 2 rings (SSSR count). The second-order valence-corrected chi connectivity index (χ2v) is 7.46. The zero-order chi connectivity index (χ0) is 14.9. The Kier molecular flexibility index (Phi) is 4.52. The summed E-state index contributed by atoms with van der Waals surface area (Å²) in [7, 11) is 0. The summed E-state index contributed by atoms with van der Waals surface area (Å²) < 4.78 is 13.7. The molecule has 2 aromatic rings. The molecule has 1 nitrogen and oxygen atoms in total. The van der Waals surface area contributed by atoms with Gasteiger partial charge in [0.2, 0.25) is 0 Å². The summed E-state index contributed by atoms with van der Waals surface area (Å²) in [5.74, 6) is -0.332. The van der Waals surface area contributed by atoms with Crippen molar-refractivity contribution in [1.82, 2.24) is 0 Å². The minimum Gasteiger partial charge on any atom is -0.387 e. The number of aliphatic hydroxyl groups excluding tert-OH is 1. The lowest BCUT2D eigenvalue weighted by atomic mass is 9.95. The summed E-state index contributed by atoms with van der Waals surface area (Å²) in [6, 6.07) is 8.35. The summed E-state index contributed by atoms with van der Waals surface area (Å²) in [6.45, 7) is 6.39. The Morgan fingerprint density at radius 3 is 2.55 bits per heavy atom. The van der Waals surface area contributed by atoms with Crippen LogP contribution in [0.25, 0.3) is 0 Å². The number of halogens is 2. The zero-order valence-corrected chi connectivity index (χ0v) is 13.4. The van der Waals surface area contributed by atoms with E-state index in [1.165, 1.54) is 17.0 Å². The molecule has 108 valence electrons. The van der Waals surface area contributed by atoms with Crippen LogP contribution in [0, 0.1) is 5.82 Å². The fraction of sp³-hybridized carbons (Fsp3) is 0.375. The van der Waals surface area contributed by atoms with Crippen LogP contribution < -0.4 is 0 Å². The highest BCUT2D eigenvalue weighted by Gasteiger charge is 2.19. The van der Waals surface area contributed by atoms with Crippen molar-refractivity contribution in [3.63, 3.8) is 0 Å². The molecule has 1 atom stereocenters. The summed E-state index contributed by atoms with van der Waals surface area (Å²) >= 11 is 7.44. The molecule has 4 heteroatoms. The standard InChI is InChI=1S/C16H18ClFOS/c1-16(2,3)15-7-6-14(20-15)13(19)9-10-8-11(17)4-5-12(10)18/h4-8,13,19H,9H2,1-3H3. The fourth-order valence-electron chi connectivity index (χ4n) is 1.94. The molecule has 1 aromatic carbocycles. The van der Waals surface area contributed by atoms with Gasteiger partial charge in [-0.2, -0.15) is 0 Å². The van der Waals surface area contributed by atoms with E-state index >= 15 is 0 Å². The molecule has 0 saturated carbocycles. The maximum absolute atomic E-state index is 13.7. The van der Waals surface area contributed by atoms with Crippen molar-refractivity contribution < 1.29 is 9.50 Å². The largest absolute Gasteiger partial charge is 0.387 e. The summed E-state index contributed by atoms with van der Waals surface area (Å²) in [4.78, 5) is 2.06. The molecule has 0 bridgehead atoms. The number of aliphatic hydroxyl groups is 1. The first-order chi connectivity index (χ1) is 9.27. The number of rotatable bonds is 3. The Labute approximate surface area is 128 Å². The van der Waals surface area contributed by atoms with Gasteiger partial charge in [0.1, 0.15) is 5.82 Å². The van der Waals surface area contributed by atoms with Crippen molar-refractivity contribution in [2.75, 3.05) is 0 Å². The van der Waals surface area contributed by atoms with Crippen LogP contribution in [0.3, 0.4) is 0 Å². The Hall–Kier alpha value is -0.900. The zero-order valence-electron chi connectivity index (χ0n) is 11.8. The van der Waals surface area contributed by atoms with Crippen molar-refractivity contribution in [3.05, 3.63) is 56.5 Å². The van der Waals surface area contributed by atoms with Gasteiger partial charge in [0.25, 0.3) is 0 Å². The van der Waals surface area contributed by atoms with Gasteiger partial charge in [-0.15, -0.1) is 11.3 Å². The van der Waals surface area contributed by atoms with E-state index < -0.39 is 6.10 Å². The number of hydrogen-bond donors (Lipinski definition) is 1. The highest BCUT2D eigenvalue weighted by atomic mass is 35.5. The van der Waals surface area contributed by atoms with Crippen LogP contribution in [0.4, 0.5) is 4.39 Å². The average molecular weight is 313 g/mol. The molecule has 1 unspecified atom stereocenters. The molecule has 0 aliphatic rings.